The summed E-state index contributed by atoms with van der Waals surface area (Å²) in [5.41, 5.74) is 6.60. The third-order valence-electron chi connectivity index (χ3n) is 1.89. The molecule has 0 aliphatic heterocycles. The Morgan fingerprint density at radius 2 is 2.21 bits per heavy atom. The van der Waals surface area contributed by atoms with Crippen molar-refractivity contribution >= 4 is 27.4 Å². The second-order valence-electron chi connectivity index (χ2n) is 2.90. The Bertz CT molecular complexity index is 350. The van der Waals surface area contributed by atoms with Crippen molar-refractivity contribution in [3.8, 4) is 5.75 Å². The molecule has 1 aromatic carbocycles. The number of anilines is 1. The average Bonchev–Trinajstić information content (AvgIpc) is 2.16. The molecule has 0 saturated heterocycles. The molecule has 0 radical (unpaired) electrons. The summed E-state index contributed by atoms with van der Waals surface area (Å²) in [7, 11) is 1.52. The maximum absolute atomic E-state index is 11.7. The second kappa shape index (κ2) is 4.46. The molecule has 0 fully saturated rings. The summed E-state index contributed by atoms with van der Waals surface area (Å²) in [6.07, 6.45) is 0. The van der Waals surface area contributed by atoms with Gasteiger partial charge in [-0.15, -0.1) is 0 Å². The number of halogens is 1. The highest BCUT2D eigenvalue weighted by molar-refractivity contribution is 9.10. The Morgan fingerprint density at radius 1 is 1.57 bits per heavy atom. The zero-order chi connectivity index (χ0) is 10.7. The van der Waals surface area contributed by atoms with Gasteiger partial charge < -0.3 is 10.5 Å². The van der Waals surface area contributed by atoms with Gasteiger partial charge in [-0.25, -0.2) is 0 Å². The van der Waals surface area contributed by atoms with Crippen LogP contribution < -0.4 is 10.5 Å². The lowest BCUT2D eigenvalue weighted by Gasteiger charge is -2.10. The molecule has 1 atom stereocenters. The molecular weight excluding hydrogens is 246 g/mol. The van der Waals surface area contributed by atoms with Crippen LogP contribution >= 0.6 is 15.9 Å². The van der Waals surface area contributed by atoms with Crippen molar-refractivity contribution in [3.05, 3.63) is 23.8 Å². The number of carbonyl (C=O) groups excluding carboxylic acids is 1. The van der Waals surface area contributed by atoms with Crippen LogP contribution in [0.15, 0.2) is 18.2 Å². The molecular formula is C10H12BrNO2. The molecule has 1 unspecified atom stereocenters. The van der Waals surface area contributed by atoms with Crippen LogP contribution in [0.2, 0.25) is 0 Å². The van der Waals surface area contributed by atoms with Crippen LogP contribution in [0, 0.1) is 0 Å². The second-order valence-corrected chi connectivity index (χ2v) is 4.28. The summed E-state index contributed by atoms with van der Waals surface area (Å²) in [6, 6.07) is 5.16. The molecule has 0 aromatic heterocycles. The Kier molecular flexibility index (Phi) is 3.52. The molecule has 2 N–H and O–H groups in total. The lowest BCUT2D eigenvalue weighted by molar-refractivity contribution is 0.0994. The normalized spacial score (nSPS) is 12.2. The molecule has 76 valence electrons. The van der Waals surface area contributed by atoms with Gasteiger partial charge in [0.1, 0.15) is 5.75 Å². The topological polar surface area (TPSA) is 52.3 Å². The fourth-order valence-corrected chi connectivity index (χ4v) is 1.41. The van der Waals surface area contributed by atoms with E-state index in [-0.39, 0.29) is 10.6 Å². The number of ketones is 1. The zero-order valence-corrected chi connectivity index (χ0v) is 9.67. The van der Waals surface area contributed by atoms with Gasteiger partial charge in [0.05, 0.1) is 17.5 Å². The zero-order valence-electron chi connectivity index (χ0n) is 8.08. The number of benzene rings is 1. The number of carbonyl (C=O) groups is 1. The number of alkyl halides is 1. The molecule has 3 nitrogen and oxygen atoms in total. The number of Topliss-reactive ketones (excluding diaryl/α,β-unsaturated/α-hetero) is 1. The van der Waals surface area contributed by atoms with Gasteiger partial charge in [-0.05, 0) is 19.1 Å². The van der Waals surface area contributed by atoms with E-state index in [1.165, 1.54) is 7.11 Å². The summed E-state index contributed by atoms with van der Waals surface area (Å²) < 4.78 is 5.08. The van der Waals surface area contributed by atoms with E-state index in [0.717, 1.165) is 0 Å². The van der Waals surface area contributed by atoms with Gasteiger partial charge in [0, 0.05) is 5.69 Å². The summed E-state index contributed by atoms with van der Waals surface area (Å²) in [4.78, 5) is 11.5. The molecule has 0 aliphatic carbocycles. The number of methoxy groups -OCH3 is 1. The molecule has 4 heteroatoms. The molecule has 14 heavy (non-hydrogen) atoms. The number of ether oxygens (including phenoxy) is 1. The summed E-state index contributed by atoms with van der Waals surface area (Å²) >= 11 is 3.21. The SMILES string of the molecule is COc1cccc(N)c1C(=O)C(C)Br. The maximum atomic E-state index is 11.7. The summed E-state index contributed by atoms with van der Waals surface area (Å²) in [6.45, 7) is 1.76. The van der Waals surface area contributed by atoms with Gasteiger partial charge >= 0.3 is 0 Å². The van der Waals surface area contributed by atoms with Crippen molar-refractivity contribution in [3.63, 3.8) is 0 Å². The third kappa shape index (κ3) is 2.07. The van der Waals surface area contributed by atoms with Crippen LogP contribution in [0.3, 0.4) is 0 Å². The van der Waals surface area contributed by atoms with Crippen molar-refractivity contribution < 1.29 is 9.53 Å². The van der Waals surface area contributed by atoms with Crippen molar-refractivity contribution in [1.29, 1.82) is 0 Å². The standard InChI is InChI=1S/C10H12BrNO2/c1-6(11)10(13)9-7(12)4-3-5-8(9)14-2/h3-6H,12H2,1-2H3. The Balaban J connectivity index is 3.23. The van der Waals surface area contributed by atoms with E-state index < -0.39 is 0 Å². The van der Waals surface area contributed by atoms with E-state index in [1.807, 2.05) is 0 Å². The number of rotatable bonds is 3. The van der Waals surface area contributed by atoms with E-state index in [1.54, 1.807) is 25.1 Å². The van der Waals surface area contributed by atoms with Crippen LogP contribution in [0.4, 0.5) is 5.69 Å². The van der Waals surface area contributed by atoms with Crippen LogP contribution in [-0.4, -0.2) is 17.7 Å². The van der Waals surface area contributed by atoms with E-state index in [9.17, 15) is 4.79 Å². The predicted octanol–water partition coefficient (Wildman–Crippen LogP) is 2.24. The van der Waals surface area contributed by atoms with E-state index in [0.29, 0.717) is 17.0 Å². The average molecular weight is 258 g/mol. The Hall–Kier alpha value is -1.03. The van der Waals surface area contributed by atoms with Crippen LogP contribution in [0.1, 0.15) is 17.3 Å². The fraction of sp³-hybridized carbons (Fsp3) is 0.300. The molecule has 0 bridgehead atoms. The third-order valence-corrected chi connectivity index (χ3v) is 2.30. The highest BCUT2D eigenvalue weighted by Gasteiger charge is 2.19. The van der Waals surface area contributed by atoms with Gasteiger partial charge in [0.15, 0.2) is 5.78 Å². The minimum atomic E-state index is -0.263. The van der Waals surface area contributed by atoms with Gasteiger partial charge in [0.2, 0.25) is 0 Å². The molecule has 0 heterocycles. The highest BCUT2D eigenvalue weighted by atomic mass is 79.9. The van der Waals surface area contributed by atoms with Crippen molar-refractivity contribution in [2.24, 2.45) is 0 Å². The predicted molar refractivity (Wildman–Crippen MR) is 60.1 cm³/mol. The monoisotopic (exact) mass is 257 g/mol. The van der Waals surface area contributed by atoms with E-state index in [4.69, 9.17) is 10.5 Å². The minimum Gasteiger partial charge on any atom is -0.496 e. The Morgan fingerprint density at radius 3 is 2.71 bits per heavy atom. The van der Waals surface area contributed by atoms with Gasteiger partial charge in [-0.2, -0.15) is 0 Å². The van der Waals surface area contributed by atoms with Gasteiger partial charge in [0.25, 0.3) is 0 Å². The first-order valence-electron chi connectivity index (χ1n) is 4.18. The quantitative estimate of drug-likeness (QED) is 0.514. The van der Waals surface area contributed by atoms with E-state index in [2.05, 4.69) is 15.9 Å². The lowest BCUT2D eigenvalue weighted by atomic mass is 10.1. The van der Waals surface area contributed by atoms with E-state index >= 15 is 0 Å². The number of hydrogen-bond acceptors (Lipinski definition) is 3. The number of hydrogen-bond donors (Lipinski definition) is 1. The number of nitrogen functional groups attached to an aromatic ring is 1. The number of nitrogens with two attached hydrogens (primary N) is 1. The maximum Gasteiger partial charge on any atom is 0.181 e. The first kappa shape index (κ1) is 11.0. The first-order valence-corrected chi connectivity index (χ1v) is 5.10. The molecule has 1 rings (SSSR count). The van der Waals surface area contributed by atoms with Crippen molar-refractivity contribution in [2.75, 3.05) is 12.8 Å². The van der Waals surface area contributed by atoms with Crippen LogP contribution in [-0.2, 0) is 0 Å². The molecule has 1 aromatic rings. The summed E-state index contributed by atoms with van der Waals surface area (Å²) in [5.74, 6) is 0.446. The minimum absolute atomic E-state index is 0.0695. The molecule has 0 aliphatic rings. The largest absolute Gasteiger partial charge is 0.496 e. The summed E-state index contributed by atoms with van der Waals surface area (Å²) in [5, 5.41) is 0. The van der Waals surface area contributed by atoms with Crippen molar-refractivity contribution in [2.45, 2.75) is 11.8 Å². The van der Waals surface area contributed by atoms with Crippen LogP contribution in [0.25, 0.3) is 0 Å². The van der Waals surface area contributed by atoms with Gasteiger partial charge in [-0.1, -0.05) is 22.0 Å². The Labute approximate surface area is 91.4 Å². The highest BCUT2D eigenvalue weighted by Crippen LogP contribution is 2.26. The van der Waals surface area contributed by atoms with Gasteiger partial charge in [-0.3, -0.25) is 4.79 Å². The first-order chi connectivity index (χ1) is 6.57. The molecule has 0 spiro atoms. The molecule has 0 amide bonds. The molecule has 0 saturated carbocycles. The van der Waals surface area contributed by atoms with Crippen LogP contribution in [0.5, 0.6) is 5.75 Å². The lowest BCUT2D eigenvalue weighted by Crippen LogP contribution is -2.13. The smallest absolute Gasteiger partial charge is 0.181 e. The van der Waals surface area contributed by atoms with Crippen molar-refractivity contribution in [1.82, 2.24) is 0 Å². The fourth-order valence-electron chi connectivity index (χ4n) is 1.18.